The number of carbonyl (C=O) groups is 2. The van der Waals surface area contributed by atoms with Gasteiger partial charge in [0, 0.05) is 30.7 Å². The summed E-state index contributed by atoms with van der Waals surface area (Å²) in [6.07, 6.45) is 1.16. The first-order chi connectivity index (χ1) is 10.6. The Morgan fingerprint density at radius 1 is 1.41 bits per heavy atom. The molecule has 2 amide bonds. The number of hydrogen-bond donors (Lipinski definition) is 1. The summed E-state index contributed by atoms with van der Waals surface area (Å²) in [5.74, 6) is 0.237. The van der Waals surface area contributed by atoms with E-state index in [4.69, 9.17) is 16.3 Å². The quantitative estimate of drug-likeness (QED) is 0.901. The molecule has 118 valence electrons. The minimum atomic E-state index is -0.388. The molecule has 0 radical (unpaired) electrons. The second-order valence-corrected chi connectivity index (χ2v) is 6.26. The average molecular weight is 323 g/mol. The van der Waals surface area contributed by atoms with Crippen molar-refractivity contribution in [1.82, 2.24) is 10.2 Å². The van der Waals surface area contributed by atoms with Gasteiger partial charge in [-0.05, 0) is 37.0 Å². The van der Waals surface area contributed by atoms with Crippen molar-refractivity contribution in [3.8, 4) is 0 Å². The van der Waals surface area contributed by atoms with Gasteiger partial charge < -0.3 is 15.0 Å². The number of piperidine rings is 1. The summed E-state index contributed by atoms with van der Waals surface area (Å²) in [5.41, 5.74) is 0.590. The van der Waals surface area contributed by atoms with Crippen LogP contribution in [0.2, 0.25) is 5.02 Å². The van der Waals surface area contributed by atoms with Crippen LogP contribution in [0.15, 0.2) is 24.3 Å². The molecule has 1 aromatic carbocycles. The van der Waals surface area contributed by atoms with Gasteiger partial charge >= 0.3 is 0 Å². The number of nitrogens with one attached hydrogen (secondary N) is 1. The highest BCUT2D eigenvalue weighted by atomic mass is 35.5. The van der Waals surface area contributed by atoms with Crippen LogP contribution in [0.4, 0.5) is 0 Å². The molecule has 2 fully saturated rings. The SMILES string of the molecule is CNC(=O)[C@H]1C[C@@H]2CCN(C(=O)c3cccc(Cl)c3)C[C@@H]2O1. The third kappa shape index (κ3) is 2.96. The van der Waals surface area contributed by atoms with Gasteiger partial charge in [0.2, 0.25) is 5.91 Å². The number of rotatable bonds is 2. The van der Waals surface area contributed by atoms with E-state index in [0.717, 1.165) is 12.8 Å². The number of ether oxygens (including phenoxy) is 1. The molecule has 2 aliphatic rings. The third-order valence-electron chi connectivity index (χ3n) is 4.45. The largest absolute Gasteiger partial charge is 0.363 e. The van der Waals surface area contributed by atoms with Gasteiger partial charge in [-0.1, -0.05) is 17.7 Å². The minimum absolute atomic E-state index is 0.0343. The van der Waals surface area contributed by atoms with Crippen molar-refractivity contribution >= 4 is 23.4 Å². The number of fused-ring (bicyclic) bond motifs is 1. The third-order valence-corrected chi connectivity index (χ3v) is 4.68. The van der Waals surface area contributed by atoms with Crippen molar-refractivity contribution in [3.63, 3.8) is 0 Å². The Morgan fingerprint density at radius 2 is 2.23 bits per heavy atom. The summed E-state index contributed by atoms with van der Waals surface area (Å²) >= 11 is 5.95. The molecule has 2 heterocycles. The fourth-order valence-corrected chi connectivity index (χ4v) is 3.44. The number of likely N-dealkylation sites (N-methyl/N-ethyl adjacent to an activating group) is 1. The maximum atomic E-state index is 12.5. The van der Waals surface area contributed by atoms with E-state index < -0.39 is 0 Å². The lowest BCUT2D eigenvalue weighted by Gasteiger charge is -2.34. The topological polar surface area (TPSA) is 58.6 Å². The molecule has 1 aromatic rings. The molecule has 0 saturated carbocycles. The van der Waals surface area contributed by atoms with Crippen LogP contribution in [-0.4, -0.2) is 49.1 Å². The number of hydrogen-bond acceptors (Lipinski definition) is 3. The van der Waals surface area contributed by atoms with E-state index in [9.17, 15) is 9.59 Å². The van der Waals surface area contributed by atoms with Gasteiger partial charge in [0.15, 0.2) is 0 Å². The van der Waals surface area contributed by atoms with E-state index >= 15 is 0 Å². The van der Waals surface area contributed by atoms with Crippen LogP contribution in [-0.2, 0) is 9.53 Å². The molecule has 2 saturated heterocycles. The van der Waals surface area contributed by atoms with E-state index in [-0.39, 0.29) is 24.0 Å². The molecular formula is C16H19ClN2O3. The van der Waals surface area contributed by atoms with Crippen LogP contribution in [0, 0.1) is 5.92 Å². The van der Waals surface area contributed by atoms with Crippen molar-refractivity contribution < 1.29 is 14.3 Å². The molecule has 1 N–H and O–H groups in total. The highest BCUT2D eigenvalue weighted by Gasteiger charge is 2.42. The number of amides is 2. The molecule has 22 heavy (non-hydrogen) atoms. The number of nitrogens with zero attached hydrogens (tertiary/aromatic N) is 1. The van der Waals surface area contributed by atoms with Crippen LogP contribution in [0.25, 0.3) is 0 Å². The smallest absolute Gasteiger partial charge is 0.253 e. The van der Waals surface area contributed by atoms with Crippen LogP contribution in [0.1, 0.15) is 23.2 Å². The van der Waals surface area contributed by atoms with Crippen LogP contribution in [0.5, 0.6) is 0 Å². The van der Waals surface area contributed by atoms with Gasteiger partial charge in [0.25, 0.3) is 5.91 Å². The molecule has 2 aliphatic heterocycles. The molecule has 0 unspecified atom stereocenters. The van der Waals surface area contributed by atoms with Crippen molar-refractivity contribution in [1.29, 1.82) is 0 Å². The Labute approximate surface area is 134 Å². The van der Waals surface area contributed by atoms with E-state index in [1.54, 1.807) is 36.2 Å². The van der Waals surface area contributed by atoms with Crippen LogP contribution < -0.4 is 5.32 Å². The highest BCUT2D eigenvalue weighted by Crippen LogP contribution is 2.33. The lowest BCUT2D eigenvalue weighted by Crippen LogP contribution is -2.45. The fourth-order valence-electron chi connectivity index (χ4n) is 3.25. The first-order valence-corrected chi connectivity index (χ1v) is 7.88. The Balaban J connectivity index is 1.67. The predicted octanol–water partition coefficient (Wildman–Crippen LogP) is 1.71. The Morgan fingerprint density at radius 3 is 2.95 bits per heavy atom. The molecule has 6 heteroatoms. The Hall–Kier alpha value is -1.59. The number of carbonyl (C=O) groups excluding carboxylic acids is 2. The molecule has 3 rings (SSSR count). The number of likely N-dealkylation sites (tertiary alicyclic amines) is 1. The molecular weight excluding hydrogens is 304 g/mol. The van der Waals surface area contributed by atoms with Gasteiger partial charge in [0.1, 0.15) is 6.10 Å². The second kappa shape index (κ2) is 6.26. The standard InChI is InChI=1S/C16H19ClN2O3/c1-18-15(20)13-8-10-5-6-19(9-14(10)22-13)16(21)11-3-2-4-12(17)7-11/h2-4,7,10,13-14H,5-6,8-9H2,1H3,(H,18,20)/t10-,13+,14-/m0/s1. The molecule has 0 aromatic heterocycles. The average Bonchev–Trinajstić information content (AvgIpc) is 2.96. The lowest BCUT2D eigenvalue weighted by atomic mass is 9.91. The van der Waals surface area contributed by atoms with Gasteiger partial charge in [0.05, 0.1) is 6.10 Å². The van der Waals surface area contributed by atoms with Gasteiger partial charge in [-0.2, -0.15) is 0 Å². The first kappa shape index (κ1) is 15.3. The van der Waals surface area contributed by atoms with E-state index in [1.807, 2.05) is 0 Å². The van der Waals surface area contributed by atoms with Gasteiger partial charge in [-0.15, -0.1) is 0 Å². The first-order valence-electron chi connectivity index (χ1n) is 7.50. The maximum Gasteiger partial charge on any atom is 0.253 e. The summed E-state index contributed by atoms with van der Waals surface area (Å²) in [4.78, 5) is 26.0. The summed E-state index contributed by atoms with van der Waals surface area (Å²) in [7, 11) is 1.61. The Kier molecular flexibility index (Phi) is 4.36. The number of benzene rings is 1. The van der Waals surface area contributed by atoms with Crippen LogP contribution in [0.3, 0.4) is 0 Å². The van der Waals surface area contributed by atoms with Crippen molar-refractivity contribution in [3.05, 3.63) is 34.9 Å². The van der Waals surface area contributed by atoms with E-state index in [2.05, 4.69) is 5.32 Å². The van der Waals surface area contributed by atoms with Crippen molar-refractivity contribution in [2.45, 2.75) is 25.0 Å². The predicted molar refractivity (Wildman–Crippen MR) is 82.8 cm³/mol. The zero-order chi connectivity index (χ0) is 15.7. The van der Waals surface area contributed by atoms with Gasteiger partial charge in [-0.3, -0.25) is 9.59 Å². The Bertz CT molecular complexity index is 593. The molecule has 0 aliphatic carbocycles. The van der Waals surface area contributed by atoms with E-state index in [1.165, 1.54) is 0 Å². The van der Waals surface area contributed by atoms with Crippen molar-refractivity contribution in [2.75, 3.05) is 20.1 Å². The molecule has 0 bridgehead atoms. The molecule has 5 nitrogen and oxygen atoms in total. The summed E-state index contributed by atoms with van der Waals surface area (Å²) in [5, 5.41) is 3.18. The van der Waals surface area contributed by atoms with Gasteiger partial charge in [-0.25, -0.2) is 0 Å². The number of halogens is 1. The summed E-state index contributed by atoms with van der Waals surface area (Å²) < 4.78 is 5.83. The monoisotopic (exact) mass is 322 g/mol. The fraction of sp³-hybridized carbons (Fsp3) is 0.500. The zero-order valence-corrected chi connectivity index (χ0v) is 13.2. The summed E-state index contributed by atoms with van der Waals surface area (Å²) in [6, 6.07) is 6.97. The lowest BCUT2D eigenvalue weighted by molar-refractivity contribution is -0.132. The van der Waals surface area contributed by atoms with Crippen molar-refractivity contribution in [2.24, 2.45) is 5.92 Å². The highest BCUT2D eigenvalue weighted by molar-refractivity contribution is 6.30. The second-order valence-electron chi connectivity index (χ2n) is 5.82. The zero-order valence-electron chi connectivity index (χ0n) is 12.4. The van der Waals surface area contributed by atoms with Crippen LogP contribution >= 0.6 is 11.6 Å². The minimum Gasteiger partial charge on any atom is -0.363 e. The molecule has 0 spiro atoms. The normalized spacial score (nSPS) is 27.4. The maximum absolute atomic E-state index is 12.5. The summed E-state index contributed by atoms with van der Waals surface area (Å²) in [6.45, 7) is 1.22. The van der Waals surface area contributed by atoms with E-state index in [0.29, 0.717) is 29.6 Å². The molecule has 3 atom stereocenters.